The quantitative estimate of drug-likeness (QED) is 0.334. The fourth-order valence-corrected chi connectivity index (χ4v) is 3.96. The van der Waals surface area contributed by atoms with Gasteiger partial charge in [-0.1, -0.05) is 30.3 Å². The molecule has 1 amide bonds. The van der Waals surface area contributed by atoms with Crippen LogP contribution >= 0.6 is 0 Å². The lowest BCUT2D eigenvalue weighted by molar-refractivity contribution is 0.0931. The highest BCUT2D eigenvalue weighted by atomic mass is 19.1. The Morgan fingerprint density at radius 1 is 1.16 bits per heavy atom. The summed E-state index contributed by atoms with van der Waals surface area (Å²) >= 11 is 0. The van der Waals surface area contributed by atoms with Crippen LogP contribution in [-0.4, -0.2) is 42.9 Å². The van der Waals surface area contributed by atoms with Gasteiger partial charge in [0.2, 0.25) is 5.96 Å². The Balaban J connectivity index is 1.78. The van der Waals surface area contributed by atoms with Crippen LogP contribution in [0.2, 0.25) is 0 Å². The molecule has 162 valence electrons. The van der Waals surface area contributed by atoms with Crippen LogP contribution in [0.5, 0.6) is 0 Å². The molecule has 0 unspecified atom stereocenters. The molecule has 1 heterocycles. The third-order valence-electron chi connectivity index (χ3n) is 5.59. The zero-order chi connectivity index (χ0) is 22.3. The van der Waals surface area contributed by atoms with Gasteiger partial charge in [-0.2, -0.15) is 5.26 Å². The van der Waals surface area contributed by atoms with Crippen LogP contribution in [0.15, 0.2) is 53.5 Å². The SMILES string of the molecule is CCN=C(NC#N)N1CCC(CNC(=O)c2cc(F)cc(F)c2)(c2ccccc2)CC1. The Hall–Kier alpha value is -3.47. The Bertz CT molecular complexity index is 959. The maximum atomic E-state index is 13.5. The number of rotatable bonds is 5. The lowest BCUT2D eigenvalue weighted by Gasteiger charge is -2.43. The van der Waals surface area contributed by atoms with Crippen molar-refractivity contribution in [2.24, 2.45) is 4.99 Å². The van der Waals surface area contributed by atoms with Gasteiger partial charge in [0.15, 0.2) is 6.19 Å². The number of hydrogen-bond acceptors (Lipinski definition) is 3. The molecule has 0 atom stereocenters. The summed E-state index contributed by atoms with van der Waals surface area (Å²) in [6.45, 7) is 4.08. The predicted octanol–water partition coefficient (Wildman–Crippen LogP) is 3.17. The number of carbonyl (C=O) groups excluding carboxylic acids is 1. The number of likely N-dealkylation sites (tertiary alicyclic amines) is 1. The third kappa shape index (κ3) is 5.37. The molecule has 1 aliphatic rings. The Morgan fingerprint density at radius 3 is 2.39 bits per heavy atom. The number of benzene rings is 2. The van der Waals surface area contributed by atoms with Crippen molar-refractivity contribution in [3.63, 3.8) is 0 Å². The van der Waals surface area contributed by atoms with E-state index in [9.17, 15) is 13.6 Å². The summed E-state index contributed by atoms with van der Waals surface area (Å²) in [6, 6.07) is 12.7. The molecular weight excluding hydrogens is 400 g/mol. The number of carbonyl (C=O) groups is 1. The molecule has 1 fully saturated rings. The van der Waals surface area contributed by atoms with Crippen molar-refractivity contribution in [2.45, 2.75) is 25.2 Å². The number of nitrogens with one attached hydrogen (secondary N) is 2. The van der Waals surface area contributed by atoms with Crippen LogP contribution in [0.1, 0.15) is 35.7 Å². The van der Waals surface area contributed by atoms with Crippen molar-refractivity contribution in [3.8, 4) is 6.19 Å². The Kier molecular flexibility index (Phi) is 7.19. The normalized spacial score (nSPS) is 15.8. The van der Waals surface area contributed by atoms with Crippen molar-refractivity contribution in [2.75, 3.05) is 26.2 Å². The van der Waals surface area contributed by atoms with Crippen molar-refractivity contribution < 1.29 is 13.6 Å². The van der Waals surface area contributed by atoms with E-state index in [2.05, 4.69) is 15.6 Å². The summed E-state index contributed by atoms with van der Waals surface area (Å²) in [5.41, 5.74) is 0.694. The number of aliphatic imine (C=N–C) groups is 1. The molecule has 0 spiro atoms. The van der Waals surface area contributed by atoms with Gasteiger partial charge in [-0.05, 0) is 37.5 Å². The number of halogens is 2. The average Bonchev–Trinajstić information content (AvgIpc) is 2.77. The van der Waals surface area contributed by atoms with Gasteiger partial charge >= 0.3 is 0 Å². The number of nitriles is 1. The molecule has 8 heteroatoms. The number of hydrogen-bond donors (Lipinski definition) is 2. The number of nitrogens with zero attached hydrogens (tertiary/aromatic N) is 3. The smallest absolute Gasteiger partial charge is 0.251 e. The largest absolute Gasteiger partial charge is 0.351 e. The van der Waals surface area contributed by atoms with E-state index in [-0.39, 0.29) is 11.0 Å². The summed E-state index contributed by atoms with van der Waals surface area (Å²) in [5.74, 6) is -1.55. The molecule has 2 N–H and O–H groups in total. The van der Waals surface area contributed by atoms with Gasteiger partial charge in [0, 0.05) is 43.2 Å². The Labute approximate surface area is 180 Å². The molecule has 6 nitrogen and oxygen atoms in total. The van der Waals surface area contributed by atoms with Gasteiger partial charge in [-0.3, -0.25) is 15.1 Å². The first-order chi connectivity index (χ1) is 15.0. The first-order valence-electron chi connectivity index (χ1n) is 10.2. The standard InChI is InChI=1S/C23H25F2N5O/c1-2-27-22(29-16-26)30-10-8-23(9-11-30,18-6-4-3-5-7-18)15-28-21(31)17-12-19(24)14-20(25)13-17/h3-7,12-14H,2,8-11,15H2,1H3,(H,27,29)(H,28,31). The molecule has 0 aromatic heterocycles. The maximum absolute atomic E-state index is 13.5. The topological polar surface area (TPSA) is 80.5 Å². The summed E-state index contributed by atoms with van der Waals surface area (Å²) in [7, 11) is 0. The van der Waals surface area contributed by atoms with Gasteiger partial charge in [-0.25, -0.2) is 8.78 Å². The molecule has 0 bridgehead atoms. The van der Waals surface area contributed by atoms with E-state index in [0.29, 0.717) is 45.0 Å². The van der Waals surface area contributed by atoms with Crippen molar-refractivity contribution in [3.05, 3.63) is 71.3 Å². The molecule has 0 radical (unpaired) electrons. The minimum Gasteiger partial charge on any atom is -0.351 e. The van der Waals surface area contributed by atoms with Crippen molar-refractivity contribution in [1.82, 2.24) is 15.5 Å². The van der Waals surface area contributed by atoms with Gasteiger partial charge in [0.05, 0.1) is 0 Å². The fraction of sp³-hybridized carbons (Fsp3) is 0.348. The van der Waals surface area contributed by atoms with Gasteiger partial charge in [0.25, 0.3) is 5.91 Å². The third-order valence-corrected chi connectivity index (χ3v) is 5.59. The zero-order valence-electron chi connectivity index (χ0n) is 17.4. The molecule has 3 rings (SSSR count). The van der Waals surface area contributed by atoms with Crippen LogP contribution in [0.4, 0.5) is 8.78 Å². The van der Waals surface area contributed by atoms with E-state index in [1.165, 1.54) is 0 Å². The number of guanidine groups is 1. The molecule has 2 aromatic carbocycles. The first kappa shape index (κ1) is 22.2. The highest BCUT2D eigenvalue weighted by molar-refractivity contribution is 5.94. The molecule has 1 aliphatic heterocycles. The second kappa shape index (κ2) is 10.0. The summed E-state index contributed by atoms with van der Waals surface area (Å²) < 4.78 is 27.0. The lowest BCUT2D eigenvalue weighted by atomic mass is 9.72. The van der Waals surface area contributed by atoms with E-state index in [1.54, 1.807) is 0 Å². The summed E-state index contributed by atoms with van der Waals surface area (Å²) in [6.07, 6.45) is 3.35. The molecule has 0 aliphatic carbocycles. The minimum absolute atomic E-state index is 0.0475. The molecule has 1 saturated heterocycles. The fourth-order valence-electron chi connectivity index (χ4n) is 3.96. The second-order valence-corrected chi connectivity index (χ2v) is 7.51. The van der Waals surface area contributed by atoms with Crippen LogP contribution < -0.4 is 10.6 Å². The van der Waals surface area contributed by atoms with Crippen molar-refractivity contribution in [1.29, 1.82) is 5.26 Å². The van der Waals surface area contributed by atoms with Gasteiger partial charge in [-0.15, -0.1) is 0 Å². The van der Waals surface area contributed by atoms with Crippen LogP contribution in [0.3, 0.4) is 0 Å². The van der Waals surface area contributed by atoms with Crippen LogP contribution in [0, 0.1) is 23.1 Å². The monoisotopic (exact) mass is 425 g/mol. The minimum atomic E-state index is -0.788. The molecule has 31 heavy (non-hydrogen) atoms. The van der Waals surface area contributed by atoms with E-state index in [0.717, 1.165) is 23.8 Å². The van der Waals surface area contributed by atoms with Gasteiger partial charge in [0.1, 0.15) is 11.6 Å². The van der Waals surface area contributed by atoms with E-state index in [1.807, 2.05) is 48.3 Å². The van der Waals surface area contributed by atoms with E-state index >= 15 is 0 Å². The van der Waals surface area contributed by atoms with Gasteiger partial charge < -0.3 is 10.2 Å². The zero-order valence-corrected chi connectivity index (χ0v) is 17.4. The average molecular weight is 425 g/mol. The highest BCUT2D eigenvalue weighted by Gasteiger charge is 2.37. The molecular formula is C23H25F2N5O. The number of piperidine rings is 1. The van der Waals surface area contributed by atoms with Crippen LogP contribution in [0.25, 0.3) is 0 Å². The Morgan fingerprint density at radius 2 is 1.81 bits per heavy atom. The van der Waals surface area contributed by atoms with Crippen molar-refractivity contribution >= 4 is 11.9 Å². The molecule has 2 aromatic rings. The van der Waals surface area contributed by atoms with Crippen LogP contribution in [-0.2, 0) is 5.41 Å². The lowest BCUT2D eigenvalue weighted by Crippen LogP contribution is -2.52. The highest BCUT2D eigenvalue weighted by Crippen LogP contribution is 2.35. The predicted molar refractivity (Wildman–Crippen MR) is 114 cm³/mol. The van der Waals surface area contributed by atoms with E-state index in [4.69, 9.17) is 5.26 Å². The second-order valence-electron chi connectivity index (χ2n) is 7.51. The maximum Gasteiger partial charge on any atom is 0.251 e. The molecule has 0 saturated carbocycles. The first-order valence-corrected chi connectivity index (χ1v) is 10.2. The summed E-state index contributed by atoms with van der Waals surface area (Å²) in [4.78, 5) is 19.0. The van der Waals surface area contributed by atoms with E-state index < -0.39 is 17.5 Å². The summed E-state index contributed by atoms with van der Waals surface area (Å²) in [5, 5.41) is 14.5. The number of amides is 1.